The van der Waals surface area contributed by atoms with Crippen molar-refractivity contribution in [2.24, 2.45) is 0 Å². The smallest absolute Gasteiger partial charge is 0.306 e. The number of allylic oxidation sites excluding steroid dienone is 26. The van der Waals surface area contributed by atoms with Gasteiger partial charge in [0.1, 0.15) is 13.2 Å². The van der Waals surface area contributed by atoms with Gasteiger partial charge >= 0.3 is 17.9 Å². The normalized spacial score (nSPS) is 13.3. The van der Waals surface area contributed by atoms with Crippen LogP contribution < -0.4 is 0 Å². The number of carbonyl (C=O) groups is 3. The molecule has 0 heterocycles. The van der Waals surface area contributed by atoms with Crippen LogP contribution in [0.25, 0.3) is 0 Å². The molecule has 0 saturated heterocycles. The first-order valence-electron chi connectivity index (χ1n) is 30.0. The molecular weight excluding hydrogens is 925 g/mol. The Morgan fingerprint density at radius 3 is 0.747 bits per heavy atom. The molecule has 0 aromatic carbocycles. The monoisotopic (exact) mass is 1030 g/mol. The summed E-state index contributed by atoms with van der Waals surface area (Å²) in [5.74, 6) is -0.969. The SMILES string of the molecule is CC/C=C\C/C=C\C/C=C\C/C=C\C/C=C\C/C=C\CCCCCCC(=O)OCC(COC(=O)CCCCCCC/C=C\C/C=C\C/C=C\CC)OC(=O)CCCCCCCC/C=C\C/C=C\C/C=C\C/C=C\CC. The van der Waals surface area contributed by atoms with Crippen LogP contribution in [0, 0.1) is 0 Å². The second-order valence-electron chi connectivity index (χ2n) is 19.1. The number of carbonyl (C=O) groups excluding carboxylic acids is 3. The van der Waals surface area contributed by atoms with E-state index in [0.29, 0.717) is 19.3 Å². The summed E-state index contributed by atoms with van der Waals surface area (Å²) < 4.78 is 16.9. The van der Waals surface area contributed by atoms with Crippen LogP contribution in [0.4, 0.5) is 0 Å². The number of rotatable bonds is 52. The maximum absolute atomic E-state index is 12.9. The fourth-order valence-corrected chi connectivity index (χ4v) is 7.63. The Morgan fingerprint density at radius 1 is 0.267 bits per heavy atom. The summed E-state index contributed by atoms with van der Waals surface area (Å²) in [5, 5.41) is 0. The van der Waals surface area contributed by atoms with Gasteiger partial charge in [-0.2, -0.15) is 0 Å². The van der Waals surface area contributed by atoms with Crippen LogP contribution in [0.15, 0.2) is 158 Å². The largest absolute Gasteiger partial charge is 0.462 e. The molecule has 0 saturated carbocycles. The van der Waals surface area contributed by atoms with E-state index in [4.69, 9.17) is 14.2 Å². The van der Waals surface area contributed by atoms with Crippen LogP contribution in [0.5, 0.6) is 0 Å². The van der Waals surface area contributed by atoms with Crippen molar-refractivity contribution >= 4 is 17.9 Å². The van der Waals surface area contributed by atoms with Crippen LogP contribution >= 0.6 is 0 Å². The van der Waals surface area contributed by atoms with Gasteiger partial charge in [-0.1, -0.05) is 237 Å². The minimum absolute atomic E-state index is 0.108. The third-order valence-corrected chi connectivity index (χ3v) is 12.0. The number of esters is 3. The highest BCUT2D eigenvalue weighted by Crippen LogP contribution is 2.13. The molecule has 420 valence electrons. The van der Waals surface area contributed by atoms with Gasteiger partial charge in [-0.15, -0.1) is 0 Å². The number of unbranched alkanes of at least 4 members (excludes halogenated alkanes) is 15. The molecule has 1 atom stereocenters. The lowest BCUT2D eigenvalue weighted by molar-refractivity contribution is -0.167. The molecule has 0 aliphatic rings. The number of hydrogen-bond donors (Lipinski definition) is 0. The van der Waals surface area contributed by atoms with Crippen LogP contribution in [-0.4, -0.2) is 37.2 Å². The fraction of sp³-hybridized carbons (Fsp3) is 0.580. The Labute approximate surface area is 460 Å². The van der Waals surface area contributed by atoms with E-state index in [9.17, 15) is 14.4 Å². The fourth-order valence-electron chi connectivity index (χ4n) is 7.63. The van der Waals surface area contributed by atoms with Gasteiger partial charge in [0.2, 0.25) is 0 Å². The van der Waals surface area contributed by atoms with Gasteiger partial charge in [0.05, 0.1) is 0 Å². The highest BCUT2D eigenvalue weighted by molar-refractivity contribution is 5.71. The number of hydrogen-bond acceptors (Lipinski definition) is 6. The summed E-state index contributed by atoms with van der Waals surface area (Å²) in [6.07, 6.45) is 89.4. The molecule has 0 rings (SSSR count). The lowest BCUT2D eigenvalue weighted by Crippen LogP contribution is -2.30. The zero-order valence-corrected chi connectivity index (χ0v) is 48.0. The molecule has 0 aliphatic heterocycles. The second-order valence-corrected chi connectivity index (χ2v) is 19.1. The molecule has 1 unspecified atom stereocenters. The molecule has 0 N–H and O–H groups in total. The highest BCUT2D eigenvalue weighted by Gasteiger charge is 2.19. The first-order valence-corrected chi connectivity index (χ1v) is 30.0. The molecule has 0 amide bonds. The van der Waals surface area contributed by atoms with Gasteiger partial charge in [-0.3, -0.25) is 14.4 Å². The zero-order chi connectivity index (χ0) is 54.3. The molecule has 0 radical (unpaired) electrons. The molecule has 0 fully saturated rings. The maximum atomic E-state index is 12.9. The Morgan fingerprint density at radius 2 is 0.480 bits per heavy atom. The Hall–Kier alpha value is -4.97. The summed E-state index contributed by atoms with van der Waals surface area (Å²) in [7, 11) is 0. The molecule has 0 bridgehead atoms. The molecule has 6 heteroatoms. The molecule has 0 aromatic heterocycles. The van der Waals surface area contributed by atoms with E-state index in [2.05, 4.69) is 179 Å². The lowest BCUT2D eigenvalue weighted by Gasteiger charge is -2.18. The topological polar surface area (TPSA) is 78.9 Å². The van der Waals surface area contributed by atoms with E-state index in [-0.39, 0.29) is 31.1 Å². The van der Waals surface area contributed by atoms with Crippen LogP contribution in [0.1, 0.15) is 239 Å². The quantitative estimate of drug-likeness (QED) is 0.0261. The Kier molecular flexibility index (Phi) is 57.5. The van der Waals surface area contributed by atoms with E-state index >= 15 is 0 Å². The molecule has 0 spiro atoms. The molecule has 0 aliphatic carbocycles. The van der Waals surface area contributed by atoms with E-state index in [1.54, 1.807) is 0 Å². The maximum Gasteiger partial charge on any atom is 0.306 e. The van der Waals surface area contributed by atoms with E-state index < -0.39 is 6.10 Å². The van der Waals surface area contributed by atoms with Gasteiger partial charge in [0.25, 0.3) is 0 Å². The van der Waals surface area contributed by atoms with Crippen molar-refractivity contribution in [3.05, 3.63) is 158 Å². The third kappa shape index (κ3) is 59.8. The van der Waals surface area contributed by atoms with Gasteiger partial charge in [-0.25, -0.2) is 0 Å². The first-order chi connectivity index (χ1) is 37.0. The summed E-state index contributed by atoms with van der Waals surface area (Å²) in [5.41, 5.74) is 0. The highest BCUT2D eigenvalue weighted by atomic mass is 16.6. The minimum Gasteiger partial charge on any atom is -0.462 e. The van der Waals surface area contributed by atoms with Gasteiger partial charge < -0.3 is 14.2 Å². The first kappa shape index (κ1) is 70.0. The predicted octanol–water partition coefficient (Wildman–Crippen LogP) is 20.5. The van der Waals surface area contributed by atoms with Gasteiger partial charge in [0.15, 0.2) is 6.10 Å². The summed E-state index contributed by atoms with van der Waals surface area (Å²) in [6.45, 7) is 6.24. The van der Waals surface area contributed by atoms with Crippen LogP contribution in [-0.2, 0) is 28.6 Å². The van der Waals surface area contributed by atoms with Crippen molar-refractivity contribution in [2.45, 2.75) is 245 Å². The second kappa shape index (κ2) is 61.6. The number of ether oxygens (including phenoxy) is 3. The van der Waals surface area contributed by atoms with Crippen molar-refractivity contribution < 1.29 is 28.6 Å². The van der Waals surface area contributed by atoms with Gasteiger partial charge in [-0.05, 0) is 141 Å². The standard InChI is InChI=1S/C69H108O6/c1-4-7-10-13-16-19-22-25-28-30-32-33-34-35-37-38-41-44-47-50-53-56-59-62-68(71)74-65-66(64-73-67(70)61-58-55-52-49-46-43-40-27-24-21-18-15-12-9-6-3)75-69(72)63-60-57-54-51-48-45-42-39-36-31-29-26-23-20-17-14-11-8-5-2/h7-12,16-21,25-29,32-33,35-37,39-41,44,66H,4-6,13-15,22-24,30-31,34,38,42-43,45-65H2,1-3H3/b10-7-,11-8-,12-9-,19-16-,20-17-,21-18-,28-25-,29-26-,33-32-,37-35-,39-36-,40-27-,44-41-. The molecule has 0 aromatic rings. The molecule has 75 heavy (non-hydrogen) atoms. The lowest BCUT2D eigenvalue weighted by atomic mass is 10.1. The molecular formula is C69H108O6. The summed E-state index contributed by atoms with van der Waals surface area (Å²) >= 11 is 0. The Bertz CT molecular complexity index is 1710. The van der Waals surface area contributed by atoms with Crippen molar-refractivity contribution in [3.8, 4) is 0 Å². The van der Waals surface area contributed by atoms with Crippen molar-refractivity contribution in [1.82, 2.24) is 0 Å². The summed E-state index contributed by atoms with van der Waals surface area (Å²) in [6, 6.07) is 0. The van der Waals surface area contributed by atoms with Crippen molar-refractivity contribution in [2.75, 3.05) is 13.2 Å². The predicted molar refractivity (Wildman–Crippen MR) is 325 cm³/mol. The average molecular weight is 1030 g/mol. The van der Waals surface area contributed by atoms with Crippen LogP contribution in [0.3, 0.4) is 0 Å². The Balaban J connectivity index is 4.51. The van der Waals surface area contributed by atoms with E-state index in [1.807, 2.05) is 0 Å². The molecule has 6 nitrogen and oxygen atoms in total. The third-order valence-electron chi connectivity index (χ3n) is 12.0. The van der Waals surface area contributed by atoms with Gasteiger partial charge in [0, 0.05) is 19.3 Å². The minimum atomic E-state index is -0.813. The average Bonchev–Trinajstić information content (AvgIpc) is 3.41. The summed E-state index contributed by atoms with van der Waals surface area (Å²) in [4.78, 5) is 38.3. The zero-order valence-electron chi connectivity index (χ0n) is 48.0. The van der Waals surface area contributed by atoms with Crippen LogP contribution in [0.2, 0.25) is 0 Å². The van der Waals surface area contributed by atoms with E-state index in [0.717, 1.165) is 186 Å². The van der Waals surface area contributed by atoms with E-state index in [1.165, 1.54) is 12.8 Å². The van der Waals surface area contributed by atoms with Crippen molar-refractivity contribution in [1.29, 1.82) is 0 Å². The van der Waals surface area contributed by atoms with Crippen molar-refractivity contribution in [3.63, 3.8) is 0 Å².